The smallest absolute Gasteiger partial charge is 0.269 e. The average molecular weight is 461 g/mol. The maximum atomic E-state index is 11.8. The number of rotatable bonds is 9. The first kappa shape index (κ1) is 23.1. The van der Waals surface area contributed by atoms with Crippen LogP contribution in [0.4, 0.5) is 11.6 Å². The van der Waals surface area contributed by atoms with Crippen LogP contribution in [0.15, 0.2) is 60.8 Å². The van der Waals surface area contributed by atoms with Gasteiger partial charge in [-0.15, -0.1) is 0 Å². The Morgan fingerprint density at radius 1 is 1.03 bits per heavy atom. The van der Waals surface area contributed by atoms with Crippen LogP contribution in [0.1, 0.15) is 10.5 Å². The predicted molar refractivity (Wildman–Crippen MR) is 132 cm³/mol. The third kappa shape index (κ3) is 5.44. The molecule has 0 unspecified atom stereocenters. The molecule has 34 heavy (non-hydrogen) atoms. The number of fused-ring (bicyclic) bond motifs is 1. The average Bonchev–Trinajstić information content (AvgIpc) is 3.14. The highest BCUT2D eigenvalue weighted by Gasteiger charge is 2.11. The Balaban J connectivity index is 1.47. The summed E-state index contributed by atoms with van der Waals surface area (Å²) in [6.45, 7) is 1.50. The Bertz CT molecular complexity index is 1280. The van der Waals surface area contributed by atoms with Crippen molar-refractivity contribution in [3.8, 4) is 17.2 Å². The van der Waals surface area contributed by atoms with E-state index < -0.39 is 0 Å². The zero-order valence-corrected chi connectivity index (χ0v) is 19.7. The second kappa shape index (κ2) is 10.2. The third-order valence-corrected chi connectivity index (χ3v) is 5.20. The van der Waals surface area contributed by atoms with Gasteiger partial charge in [0, 0.05) is 44.7 Å². The number of nitrogens with zero attached hydrogens (tertiary/aromatic N) is 4. The monoisotopic (exact) mass is 460 g/mol. The van der Waals surface area contributed by atoms with E-state index in [0.717, 1.165) is 29.0 Å². The van der Waals surface area contributed by atoms with E-state index in [1.54, 1.807) is 25.4 Å². The number of pyridine rings is 1. The first-order valence-electron chi connectivity index (χ1n) is 10.9. The lowest BCUT2D eigenvalue weighted by Gasteiger charge is -2.11. The van der Waals surface area contributed by atoms with Crippen molar-refractivity contribution >= 4 is 28.6 Å². The molecule has 0 aliphatic heterocycles. The van der Waals surface area contributed by atoms with Crippen LogP contribution in [0.25, 0.3) is 11.0 Å². The van der Waals surface area contributed by atoms with Gasteiger partial charge in [0.2, 0.25) is 5.95 Å². The fourth-order valence-electron chi connectivity index (χ4n) is 3.33. The fraction of sp³-hybridized carbons (Fsp3) is 0.240. The molecule has 0 atom stereocenters. The number of imidazole rings is 1. The van der Waals surface area contributed by atoms with Crippen LogP contribution in [0.3, 0.4) is 0 Å². The Morgan fingerprint density at radius 3 is 2.50 bits per heavy atom. The first-order chi connectivity index (χ1) is 16.4. The SMILES string of the molecule is CNC(=O)c1cc(Oc2ccc3c(c2)nc(Nc2ccc(OCCN(C)C)cc2)n3C)ccn1. The fourth-order valence-corrected chi connectivity index (χ4v) is 3.33. The van der Waals surface area contributed by atoms with E-state index in [9.17, 15) is 4.79 Å². The summed E-state index contributed by atoms with van der Waals surface area (Å²) in [4.78, 5) is 22.7. The summed E-state index contributed by atoms with van der Waals surface area (Å²) in [5.74, 6) is 2.41. The van der Waals surface area contributed by atoms with E-state index in [2.05, 4.69) is 20.5 Å². The van der Waals surface area contributed by atoms with E-state index >= 15 is 0 Å². The van der Waals surface area contributed by atoms with Crippen molar-refractivity contribution in [1.29, 1.82) is 0 Å². The van der Waals surface area contributed by atoms with E-state index in [1.165, 1.54) is 0 Å². The zero-order chi connectivity index (χ0) is 24.1. The standard InChI is InChI=1S/C25H28N6O3/c1-26-24(32)22-16-20(11-12-27-22)34-19-9-10-23-21(15-19)29-25(31(23)4)28-17-5-7-18(8-6-17)33-14-13-30(2)3/h5-12,15-16H,13-14H2,1-4H3,(H,26,32)(H,28,29). The van der Waals surface area contributed by atoms with Crippen molar-refractivity contribution < 1.29 is 14.3 Å². The number of benzene rings is 2. The minimum atomic E-state index is -0.269. The summed E-state index contributed by atoms with van der Waals surface area (Å²) in [7, 11) is 7.55. The summed E-state index contributed by atoms with van der Waals surface area (Å²) in [5, 5.41) is 5.91. The molecule has 0 saturated carbocycles. The normalized spacial score (nSPS) is 11.0. The van der Waals surface area contributed by atoms with Crippen LogP contribution in [0.5, 0.6) is 17.2 Å². The van der Waals surface area contributed by atoms with Gasteiger partial charge in [0.05, 0.1) is 11.0 Å². The van der Waals surface area contributed by atoms with E-state index in [1.807, 2.05) is 68.2 Å². The van der Waals surface area contributed by atoms with Gasteiger partial charge in [0.15, 0.2) is 0 Å². The molecule has 2 aromatic carbocycles. The summed E-state index contributed by atoms with van der Waals surface area (Å²) in [6, 6.07) is 16.8. The molecule has 176 valence electrons. The molecule has 0 spiro atoms. The van der Waals surface area contributed by atoms with Gasteiger partial charge in [0.25, 0.3) is 5.91 Å². The van der Waals surface area contributed by atoms with Gasteiger partial charge >= 0.3 is 0 Å². The van der Waals surface area contributed by atoms with Gasteiger partial charge in [0.1, 0.15) is 29.5 Å². The number of hydrogen-bond donors (Lipinski definition) is 2. The highest BCUT2D eigenvalue weighted by Crippen LogP contribution is 2.28. The van der Waals surface area contributed by atoms with Crippen LogP contribution < -0.4 is 20.1 Å². The second-order valence-corrected chi connectivity index (χ2v) is 8.00. The Kier molecular flexibility index (Phi) is 6.93. The summed E-state index contributed by atoms with van der Waals surface area (Å²) >= 11 is 0. The predicted octanol–water partition coefficient (Wildman–Crippen LogP) is 3.80. The van der Waals surface area contributed by atoms with Crippen LogP contribution in [-0.2, 0) is 7.05 Å². The molecule has 9 nitrogen and oxygen atoms in total. The summed E-state index contributed by atoms with van der Waals surface area (Å²) in [5.41, 5.74) is 2.94. The van der Waals surface area contributed by atoms with Gasteiger partial charge in [-0.25, -0.2) is 4.98 Å². The van der Waals surface area contributed by atoms with Crippen LogP contribution in [0, 0.1) is 0 Å². The molecule has 0 bridgehead atoms. The number of anilines is 2. The Hall–Kier alpha value is -4.11. The molecule has 0 saturated heterocycles. The number of nitrogens with one attached hydrogen (secondary N) is 2. The number of likely N-dealkylation sites (N-methyl/N-ethyl adjacent to an activating group) is 1. The highest BCUT2D eigenvalue weighted by molar-refractivity contribution is 5.92. The van der Waals surface area contributed by atoms with Crippen LogP contribution in [0.2, 0.25) is 0 Å². The van der Waals surface area contributed by atoms with Crippen LogP contribution in [-0.4, -0.2) is 59.6 Å². The number of carbonyl (C=O) groups excluding carboxylic acids is 1. The number of hydrogen-bond acceptors (Lipinski definition) is 7. The van der Waals surface area contributed by atoms with Crippen molar-refractivity contribution in [2.75, 3.05) is 39.6 Å². The van der Waals surface area contributed by atoms with E-state index in [-0.39, 0.29) is 5.91 Å². The molecule has 2 heterocycles. The summed E-state index contributed by atoms with van der Waals surface area (Å²) < 4.78 is 13.7. The van der Waals surface area contributed by atoms with Crippen molar-refractivity contribution in [2.45, 2.75) is 0 Å². The quantitative estimate of drug-likeness (QED) is 0.392. The van der Waals surface area contributed by atoms with Gasteiger partial charge in [-0.05, 0) is 56.6 Å². The molecule has 0 aliphatic carbocycles. The molecule has 4 aromatic rings. The Labute approximate surface area is 198 Å². The minimum Gasteiger partial charge on any atom is -0.492 e. The van der Waals surface area contributed by atoms with Crippen molar-refractivity contribution in [3.63, 3.8) is 0 Å². The molecule has 2 aromatic heterocycles. The lowest BCUT2D eigenvalue weighted by atomic mass is 10.3. The molecule has 4 rings (SSSR count). The topological polar surface area (TPSA) is 93.5 Å². The molecule has 2 N–H and O–H groups in total. The first-order valence-corrected chi connectivity index (χ1v) is 10.9. The second-order valence-electron chi connectivity index (χ2n) is 8.00. The largest absolute Gasteiger partial charge is 0.492 e. The molecular weight excluding hydrogens is 432 g/mol. The Morgan fingerprint density at radius 2 is 1.76 bits per heavy atom. The summed E-state index contributed by atoms with van der Waals surface area (Å²) in [6.07, 6.45) is 1.54. The van der Waals surface area contributed by atoms with Crippen molar-refractivity contribution in [3.05, 3.63) is 66.5 Å². The maximum absolute atomic E-state index is 11.8. The van der Waals surface area contributed by atoms with Gasteiger partial charge in [-0.2, -0.15) is 0 Å². The van der Waals surface area contributed by atoms with Gasteiger partial charge in [-0.1, -0.05) is 0 Å². The molecular formula is C25H28N6O3. The number of aromatic nitrogens is 3. The lowest BCUT2D eigenvalue weighted by Crippen LogP contribution is -2.19. The maximum Gasteiger partial charge on any atom is 0.269 e. The number of carbonyl (C=O) groups is 1. The lowest BCUT2D eigenvalue weighted by molar-refractivity contribution is 0.0958. The highest BCUT2D eigenvalue weighted by atomic mass is 16.5. The van der Waals surface area contributed by atoms with E-state index in [0.29, 0.717) is 29.7 Å². The van der Waals surface area contributed by atoms with Crippen molar-refractivity contribution in [2.24, 2.45) is 7.05 Å². The number of aryl methyl sites for hydroxylation is 1. The number of amides is 1. The van der Waals surface area contributed by atoms with Gasteiger partial charge in [-0.3, -0.25) is 9.78 Å². The molecule has 0 fully saturated rings. The molecule has 1 amide bonds. The van der Waals surface area contributed by atoms with Crippen LogP contribution >= 0.6 is 0 Å². The minimum absolute atomic E-state index is 0.269. The molecule has 9 heteroatoms. The third-order valence-electron chi connectivity index (χ3n) is 5.20. The van der Waals surface area contributed by atoms with E-state index in [4.69, 9.17) is 14.5 Å². The zero-order valence-electron chi connectivity index (χ0n) is 19.7. The molecule has 0 aliphatic rings. The van der Waals surface area contributed by atoms with Crippen molar-refractivity contribution in [1.82, 2.24) is 24.8 Å². The number of ether oxygens (including phenoxy) is 2. The molecule has 0 radical (unpaired) electrons. The van der Waals surface area contributed by atoms with Gasteiger partial charge < -0.3 is 29.6 Å².